The van der Waals surface area contributed by atoms with Crippen molar-refractivity contribution in [1.82, 2.24) is 10.6 Å². The van der Waals surface area contributed by atoms with E-state index in [9.17, 15) is 0 Å². The number of nitrogens with one attached hydrogen (secondary N) is 2. The number of methoxy groups -OCH3 is 1. The number of hydrogen-bond donors (Lipinski definition) is 2. The van der Waals surface area contributed by atoms with Gasteiger partial charge in [0.2, 0.25) is 0 Å². The summed E-state index contributed by atoms with van der Waals surface area (Å²) in [7, 11) is 1.77. The summed E-state index contributed by atoms with van der Waals surface area (Å²) >= 11 is 0. The molecule has 2 N–H and O–H groups in total. The Labute approximate surface area is 94.0 Å². The lowest BCUT2D eigenvalue weighted by atomic mass is 9.89. The van der Waals surface area contributed by atoms with Crippen LogP contribution in [0.5, 0.6) is 0 Å². The van der Waals surface area contributed by atoms with E-state index >= 15 is 0 Å². The summed E-state index contributed by atoms with van der Waals surface area (Å²) in [5.41, 5.74) is 0.342. The topological polar surface area (TPSA) is 33.3 Å². The standard InChI is InChI=1S/C12H26N2O/c1-12(2,6-8-15-3)10-13-9-11-5-4-7-14-11/h11,13-14H,4-10H2,1-3H3. The maximum Gasteiger partial charge on any atom is 0.0467 e. The van der Waals surface area contributed by atoms with Crippen molar-refractivity contribution < 1.29 is 4.74 Å². The van der Waals surface area contributed by atoms with Crippen LogP contribution in [-0.2, 0) is 4.74 Å². The van der Waals surface area contributed by atoms with Gasteiger partial charge in [-0.25, -0.2) is 0 Å². The second kappa shape index (κ2) is 6.46. The smallest absolute Gasteiger partial charge is 0.0467 e. The summed E-state index contributed by atoms with van der Waals surface area (Å²) in [6.45, 7) is 8.82. The molecular weight excluding hydrogens is 188 g/mol. The molecule has 0 aromatic heterocycles. The zero-order valence-corrected chi connectivity index (χ0v) is 10.4. The van der Waals surface area contributed by atoms with E-state index in [-0.39, 0.29) is 0 Å². The molecule has 1 unspecified atom stereocenters. The Hall–Kier alpha value is -0.120. The first-order valence-corrected chi connectivity index (χ1v) is 6.07. The second-order valence-electron chi connectivity index (χ2n) is 5.33. The molecule has 0 aromatic rings. The average Bonchev–Trinajstić information content (AvgIpc) is 2.67. The van der Waals surface area contributed by atoms with Crippen molar-refractivity contribution >= 4 is 0 Å². The minimum Gasteiger partial charge on any atom is -0.385 e. The first kappa shape index (κ1) is 12.9. The molecule has 0 bridgehead atoms. The van der Waals surface area contributed by atoms with Crippen LogP contribution in [0, 0.1) is 5.41 Å². The maximum absolute atomic E-state index is 5.12. The van der Waals surface area contributed by atoms with Gasteiger partial charge in [0.15, 0.2) is 0 Å². The molecule has 0 aliphatic carbocycles. The Morgan fingerprint density at radius 2 is 2.27 bits per heavy atom. The normalized spacial score (nSPS) is 22.2. The highest BCUT2D eigenvalue weighted by molar-refractivity contribution is 4.78. The minimum atomic E-state index is 0.342. The Kier molecular flexibility index (Phi) is 5.58. The molecular formula is C12H26N2O. The van der Waals surface area contributed by atoms with Crippen molar-refractivity contribution in [3.05, 3.63) is 0 Å². The van der Waals surface area contributed by atoms with E-state index in [0.717, 1.165) is 26.1 Å². The van der Waals surface area contributed by atoms with Crippen molar-refractivity contribution in [2.45, 2.75) is 39.2 Å². The van der Waals surface area contributed by atoms with Gasteiger partial charge in [0.25, 0.3) is 0 Å². The third-order valence-electron chi connectivity index (χ3n) is 3.14. The molecule has 1 saturated heterocycles. The molecule has 0 spiro atoms. The Morgan fingerprint density at radius 1 is 1.47 bits per heavy atom. The van der Waals surface area contributed by atoms with Crippen molar-refractivity contribution in [1.29, 1.82) is 0 Å². The van der Waals surface area contributed by atoms with E-state index in [0.29, 0.717) is 11.5 Å². The quantitative estimate of drug-likeness (QED) is 0.672. The first-order valence-electron chi connectivity index (χ1n) is 6.07. The SMILES string of the molecule is COCCC(C)(C)CNCC1CCCN1. The van der Waals surface area contributed by atoms with Crippen LogP contribution >= 0.6 is 0 Å². The molecule has 0 saturated carbocycles. The van der Waals surface area contributed by atoms with E-state index < -0.39 is 0 Å². The highest BCUT2D eigenvalue weighted by Crippen LogP contribution is 2.18. The molecule has 1 fully saturated rings. The Balaban J connectivity index is 2.06. The molecule has 3 nitrogen and oxygen atoms in total. The van der Waals surface area contributed by atoms with Gasteiger partial charge in [-0.05, 0) is 31.2 Å². The van der Waals surface area contributed by atoms with Crippen LogP contribution in [-0.4, -0.2) is 39.4 Å². The summed E-state index contributed by atoms with van der Waals surface area (Å²) in [5.74, 6) is 0. The van der Waals surface area contributed by atoms with Crippen molar-refractivity contribution in [3.63, 3.8) is 0 Å². The van der Waals surface area contributed by atoms with E-state index in [2.05, 4.69) is 24.5 Å². The molecule has 1 heterocycles. The summed E-state index contributed by atoms with van der Waals surface area (Å²) in [6.07, 6.45) is 3.78. The predicted molar refractivity (Wildman–Crippen MR) is 64.2 cm³/mol. The zero-order valence-electron chi connectivity index (χ0n) is 10.4. The molecule has 0 aromatic carbocycles. The van der Waals surface area contributed by atoms with E-state index in [1.54, 1.807) is 7.11 Å². The highest BCUT2D eigenvalue weighted by Gasteiger charge is 2.18. The highest BCUT2D eigenvalue weighted by atomic mass is 16.5. The first-order chi connectivity index (χ1) is 7.14. The van der Waals surface area contributed by atoms with Crippen LogP contribution in [0.1, 0.15) is 33.1 Å². The zero-order chi connectivity index (χ0) is 11.1. The molecule has 3 heteroatoms. The molecule has 0 radical (unpaired) electrons. The van der Waals surface area contributed by atoms with Gasteiger partial charge < -0.3 is 15.4 Å². The van der Waals surface area contributed by atoms with Gasteiger partial charge in [-0.3, -0.25) is 0 Å². The maximum atomic E-state index is 5.12. The van der Waals surface area contributed by atoms with Gasteiger partial charge in [0.1, 0.15) is 0 Å². The summed E-state index contributed by atoms with van der Waals surface area (Å²) in [4.78, 5) is 0. The van der Waals surface area contributed by atoms with E-state index in [1.165, 1.54) is 19.4 Å². The third-order valence-corrected chi connectivity index (χ3v) is 3.14. The Bertz CT molecular complexity index is 165. The van der Waals surface area contributed by atoms with E-state index in [4.69, 9.17) is 4.74 Å². The molecule has 1 aliphatic heterocycles. The van der Waals surface area contributed by atoms with Gasteiger partial charge >= 0.3 is 0 Å². The third kappa shape index (κ3) is 5.50. The largest absolute Gasteiger partial charge is 0.385 e. The van der Waals surface area contributed by atoms with Crippen molar-refractivity contribution in [3.8, 4) is 0 Å². The van der Waals surface area contributed by atoms with Crippen LogP contribution in [0.4, 0.5) is 0 Å². The van der Waals surface area contributed by atoms with Crippen molar-refractivity contribution in [2.75, 3.05) is 33.4 Å². The van der Waals surface area contributed by atoms with E-state index in [1.807, 2.05) is 0 Å². The number of hydrogen-bond acceptors (Lipinski definition) is 3. The summed E-state index contributed by atoms with van der Waals surface area (Å²) < 4.78 is 5.12. The van der Waals surface area contributed by atoms with Gasteiger partial charge in [-0.1, -0.05) is 13.8 Å². The lowest BCUT2D eigenvalue weighted by Crippen LogP contribution is -2.38. The summed E-state index contributed by atoms with van der Waals surface area (Å²) in [6, 6.07) is 0.697. The summed E-state index contributed by atoms with van der Waals surface area (Å²) in [5, 5.41) is 7.06. The van der Waals surface area contributed by atoms with Crippen molar-refractivity contribution in [2.24, 2.45) is 5.41 Å². The van der Waals surface area contributed by atoms with Gasteiger partial charge in [-0.15, -0.1) is 0 Å². The number of ether oxygens (including phenoxy) is 1. The molecule has 1 aliphatic rings. The van der Waals surface area contributed by atoms with Crippen LogP contribution in [0.3, 0.4) is 0 Å². The van der Waals surface area contributed by atoms with Crippen LogP contribution < -0.4 is 10.6 Å². The lowest BCUT2D eigenvalue weighted by Gasteiger charge is -2.25. The van der Waals surface area contributed by atoms with Crippen LogP contribution in [0.25, 0.3) is 0 Å². The Morgan fingerprint density at radius 3 is 2.87 bits per heavy atom. The van der Waals surface area contributed by atoms with Gasteiger partial charge in [0, 0.05) is 32.8 Å². The fraction of sp³-hybridized carbons (Fsp3) is 1.00. The lowest BCUT2D eigenvalue weighted by molar-refractivity contribution is 0.150. The minimum absolute atomic E-state index is 0.342. The van der Waals surface area contributed by atoms with Gasteiger partial charge in [-0.2, -0.15) is 0 Å². The second-order valence-corrected chi connectivity index (χ2v) is 5.33. The molecule has 90 valence electrons. The predicted octanol–water partition coefficient (Wildman–Crippen LogP) is 1.39. The number of rotatable bonds is 7. The van der Waals surface area contributed by atoms with Gasteiger partial charge in [0.05, 0.1) is 0 Å². The fourth-order valence-corrected chi connectivity index (χ4v) is 1.98. The molecule has 15 heavy (non-hydrogen) atoms. The monoisotopic (exact) mass is 214 g/mol. The van der Waals surface area contributed by atoms with Crippen LogP contribution in [0.15, 0.2) is 0 Å². The fourth-order valence-electron chi connectivity index (χ4n) is 1.98. The average molecular weight is 214 g/mol. The molecule has 1 atom stereocenters. The molecule has 1 rings (SSSR count). The molecule has 0 amide bonds. The van der Waals surface area contributed by atoms with Crippen LogP contribution in [0.2, 0.25) is 0 Å².